The molecule has 0 aromatic carbocycles. The fourth-order valence-electron chi connectivity index (χ4n) is 0. The van der Waals surface area contributed by atoms with E-state index in [1.165, 1.54) is 0 Å². The molecule has 0 fully saturated rings. The molecular weight excluding hydrogens is 578 g/mol. The maximum absolute atomic E-state index is 8.25. The first kappa shape index (κ1) is 45.4. The molecule has 0 saturated carbocycles. The van der Waals surface area contributed by atoms with Gasteiger partial charge in [0.15, 0.2) is 0 Å². The molecule has 8 heteroatoms. The predicted octanol–water partition coefficient (Wildman–Crippen LogP) is -3.70. The molecule has 0 rings (SSSR count). The second-order valence-corrected chi connectivity index (χ2v) is 0. The van der Waals surface area contributed by atoms with Gasteiger partial charge in [0.1, 0.15) is 0 Å². The minimum absolute atomic E-state index is 0. The monoisotopic (exact) mass is 588 g/mol. The maximum atomic E-state index is 8.25. The van der Waals surface area contributed by atoms with Crippen LogP contribution >= 0.6 is 0 Å². The Kier molecular flexibility index (Phi) is 270. The van der Waals surface area contributed by atoms with Gasteiger partial charge in [0.05, 0.1) is 0 Å². The third kappa shape index (κ3) is 37.8. The summed E-state index contributed by atoms with van der Waals surface area (Å²) in [5.74, 6) is 0. The van der Waals surface area contributed by atoms with Crippen LogP contribution < -0.4 is 0 Å². The van der Waals surface area contributed by atoms with E-state index in [-0.39, 0.29) is 216 Å². The van der Waals surface area contributed by atoms with Crippen LogP contribution in [0.1, 0.15) is 0 Å². The van der Waals surface area contributed by atoms with E-state index in [4.69, 9.17) is 3.32 Å². The quantitative estimate of drug-likeness (QED) is 0.275. The van der Waals surface area contributed by atoms with Crippen LogP contribution in [0.4, 0.5) is 0 Å². The molecule has 8 heavy (non-hydrogen) atoms. The zero-order valence-electron chi connectivity index (χ0n) is 2.86. The first-order valence-electron chi connectivity index (χ1n) is 0.204. The van der Waals surface area contributed by atoms with Crippen molar-refractivity contribution in [2.24, 2.45) is 0 Å². The van der Waals surface area contributed by atoms with Crippen LogP contribution in [0.25, 0.3) is 0 Å². The molecule has 36 valence electrons. The van der Waals surface area contributed by atoms with Crippen LogP contribution in [0.15, 0.2) is 0 Å². The van der Waals surface area contributed by atoms with Crippen molar-refractivity contribution in [2.75, 3.05) is 0 Å². The van der Waals surface area contributed by atoms with Gasteiger partial charge in [-0.05, 0) is 0 Å². The third-order valence-electron chi connectivity index (χ3n) is 0. The zero-order chi connectivity index (χ0) is 2.00. The zero-order valence-corrected chi connectivity index (χ0v) is 12.3. The van der Waals surface area contributed by atoms with Crippen molar-refractivity contribution in [3.05, 3.63) is 0 Å². The van der Waals surface area contributed by atoms with Gasteiger partial charge < -0.3 is 5.48 Å². The van der Waals surface area contributed by atoms with Gasteiger partial charge in [0.25, 0.3) is 0 Å². The molecule has 0 radical (unpaired) electrons. The van der Waals surface area contributed by atoms with E-state index in [0.29, 0.717) is 0 Å². The van der Waals surface area contributed by atoms with E-state index in [1.54, 1.807) is 0 Å². The van der Waals surface area contributed by atoms with Crippen molar-refractivity contribution in [3.63, 3.8) is 0 Å². The molecule has 1 N–H and O–H groups in total. The van der Waals surface area contributed by atoms with E-state index in [9.17, 15) is 0 Å². The Labute approximate surface area is 231 Å². The number of rotatable bonds is 0. The molecule has 2 nitrogen and oxygen atoms in total. The van der Waals surface area contributed by atoms with Crippen molar-refractivity contribution < 1.29 is 50.9 Å². The SMILES string of the molecule is [BaH+].[BaH2].[OH-].[O]=[Ti].[SrH2].[SrH2].[Ti]. The minimum atomic E-state index is 0. The summed E-state index contributed by atoms with van der Waals surface area (Å²) in [5, 5.41) is 0. The average Bonchev–Trinajstić information content (AvgIpc) is 1.00. The molecule has 0 heterocycles. The Bertz CT molecular complexity index is 16.0. The Morgan fingerprint density at radius 2 is 1.00 bits per heavy atom. The fourth-order valence-corrected chi connectivity index (χ4v) is 0. The first-order valence-corrected chi connectivity index (χ1v) is 0.842. The van der Waals surface area contributed by atoms with E-state index < -0.39 is 0 Å². The van der Waals surface area contributed by atoms with Crippen molar-refractivity contribution >= 4 is 189 Å². The van der Waals surface area contributed by atoms with Gasteiger partial charge in [-0.15, -0.1) is 0 Å². The second-order valence-electron chi connectivity index (χ2n) is 0. The molecule has 0 aliphatic rings. The molecule has 0 atom stereocenters. The molecule has 0 amide bonds. The molecule has 0 bridgehead atoms. The van der Waals surface area contributed by atoms with Crippen LogP contribution in [0.5, 0.6) is 0 Å². The largest absolute Gasteiger partial charge is 0 e. The Morgan fingerprint density at radius 3 is 1.00 bits per heavy atom. The van der Waals surface area contributed by atoms with Crippen LogP contribution in [-0.4, -0.2) is 194 Å². The maximum Gasteiger partial charge on any atom is 0 e. The van der Waals surface area contributed by atoms with Gasteiger partial charge in [0.2, 0.25) is 0 Å². The van der Waals surface area contributed by atoms with Gasteiger partial charge >= 0.3 is 212 Å². The van der Waals surface area contributed by atoms with Gasteiger partial charge in [0, 0.05) is 21.7 Å². The van der Waals surface area contributed by atoms with Gasteiger partial charge in [-0.3, -0.25) is 0 Å². The summed E-state index contributed by atoms with van der Waals surface area (Å²) in [5.41, 5.74) is 0. The fraction of sp³-hybridized carbons (Fsp3) is 0. The van der Waals surface area contributed by atoms with Crippen molar-refractivity contribution in [2.45, 2.75) is 0 Å². The summed E-state index contributed by atoms with van der Waals surface area (Å²) >= 11 is 0.750. The number of hydrogen-bond acceptors (Lipinski definition) is 2. The molecule has 0 spiro atoms. The molecule has 0 saturated heterocycles. The Balaban J connectivity index is -0.000000000333. The summed E-state index contributed by atoms with van der Waals surface area (Å²) in [7, 11) is 0. The summed E-state index contributed by atoms with van der Waals surface area (Å²) in [4.78, 5) is 0. The van der Waals surface area contributed by atoms with E-state index in [1.807, 2.05) is 0 Å². The van der Waals surface area contributed by atoms with Gasteiger partial charge in [-0.2, -0.15) is 0 Å². The van der Waals surface area contributed by atoms with Crippen LogP contribution in [0, 0.1) is 0 Å². The number of hydrogen-bond donors (Lipinski definition) is 0. The normalized spacial score (nSPS) is 0.375. The summed E-state index contributed by atoms with van der Waals surface area (Å²) < 4.78 is 8.25. The van der Waals surface area contributed by atoms with E-state index in [0.717, 1.165) is 20.4 Å². The van der Waals surface area contributed by atoms with Crippen LogP contribution in [0.2, 0.25) is 0 Å². The van der Waals surface area contributed by atoms with Gasteiger partial charge in [-0.25, -0.2) is 0 Å². The van der Waals surface area contributed by atoms with Crippen molar-refractivity contribution in [1.29, 1.82) is 0 Å². The van der Waals surface area contributed by atoms with Gasteiger partial charge in [-0.1, -0.05) is 0 Å². The second kappa shape index (κ2) is 47.5. The van der Waals surface area contributed by atoms with E-state index in [2.05, 4.69) is 0 Å². The molecule has 0 aliphatic heterocycles. The molecular formula is H8Ba2O2Sr2Ti2. The predicted molar refractivity (Wildman–Crippen MR) is 35.4 cm³/mol. The summed E-state index contributed by atoms with van der Waals surface area (Å²) in [6, 6.07) is 0. The van der Waals surface area contributed by atoms with Crippen molar-refractivity contribution in [3.8, 4) is 0 Å². The Morgan fingerprint density at radius 1 is 1.00 bits per heavy atom. The average molecular weight is 586 g/mol. The van der Waals surface area contributed by atoms with Crippen molar-refractivity contribution in [1.82, 2.24) is 0 Å². The van der Waals surface area contributed by atoms with Crippen LogP contribution in [0.3, 0.4) is 0 Å². The molecule has 0 aromatic heterocycles. The van der Waals surface area contributed by atoms with Crippen LogP contribution in [-0.2, 0) is 45.4 Å². The smallest absolute Gasteiger partial charge is 0 e. The molecule has 0 aliphatic carbocycles. The summed E-state index contributed by atoms with van der Waals surface area (Å²) in [6.45, 7) is 0. The first-order chi connectivity index (χ1) is 1.00. The standard InChI is InChI=1S/2Ba.H2O.O.2Sr.2Ti.7H/h;;1H2;;;;;;;;;;;;/q;+1;;;;;;;;;;;;;/p-1. The topological polar surface area (TPSA) is 47.1 Å². The molecule has 0 unspecified atom stereocenters. The minimum Gasteiger partial charge on any atom is 0 e. The Hall–Kier alpha value is 7.29. The summed E-state index contributed by atoms with van der Waals surface area (Å²) in [6.07, 6.45) is 0. The van der Waals surface area contributed by atoms with E-state index >= 15 is 0 Å². The molecule has 0 aromatic rings. The third-order valence-corrected chi connectivity index (χ3v) is 0.